The Kier molecular flexibility index (Phi) is 9.92. The number of anilines is 1. The predicted octanol–water partition coefficient (Wildman–Crippen LogP) is 0.0137. The van der Waals surface area contributed by atoms with Gasteiger partial charge >= 0.3 is 11.7 Å². The smallest absolute Gasteiger partial charge is 0.328 e. The highest BCUT2D eigenvalue weighted by atomic mass is 16.5. The van der Waals surface area contributed by atoms with Crippen LogP contribution in [0.3, 0.4) is 0 Å². The second kappa shape index (κ2) is 13.3. The van der Waals surface area contributed by atoms with Gasteiger partial charge in [0.2, 0.25) is 5.91 Å². The molecular formula is C23H30N6O7. The number of nitrogens with one attached hydrogen (secondary N) is 2. The van der Waals surface area contributed by atoms with Gasteiger partial charge in [0.25, 0.3) is 0 Å². The number of ketones is 1. The molecule has 0 aliphatic carbocycles. The van der Waals surface area contributed by atoms with Crippen LogP contribution in [0.15, 0.2) is 29.1 Å². The molecular weight excluding hydrogens is 472 g/mol. The van der Waals surface area contributed by atoms with Crippen LogP contribution >= 0.6 is 0 Å². The Labute approximate surface area is 206 Å². The summed E-state index contributed by atoms with van der Waals surface area (Å²) in [6.07, 6.45) is 0. The second-order valence-electron chi connectivity index (χ2n) is 7.85. The van der Waals surface area contributed by atoms with Crippen molar-refractivity contribution < 1.29 is 28.5 Å². The summed E-state index contributed by atoms with van der Waals surface area (Å²) in [6.45, 7) is 3.01. The largest absolute Gasteiger partial charge is 0.461 e. The zero-order chi connectivity index (χ0) is 25.9. The zero-order valence-corrected chi connectivity index (χ0v) is 20.2. The Bertz CT molecular complexity index is 1220. The van der Waals surface area contributed by atoms with Crippen LogP contribution in [0.5, 0.6) is 6.01 Å². The summed E-state index contributed by atoms with van der Waals surface area (Å²) in [4.78, 5) is 46.3. The Morgan fingerprint density at radius 3 is 2.42 bits per heavy atom. The summed E-state index contributed by atoms with van der Waals surface area (Å²) in [7, 11) is 1.55. The van der Waals surface area contributed by atoms with Crippen LogP contribution in [-0.4, -0.2) is 78.0 Å². The average molecular weight is 503 g/mol. The van der Waals surface area contributed by atoms with Crippen molar-refractivity contribution in [3.05, 3.63) is 45.9 Å². The lowest BCUT2D eigenvalue weighted by Crippen LogP contribution is -2.27. The van der Waals surface area contributed by atoms with Gasteiger partial charge in [-0.05, 0) is 18.1 Å². The number of nitrogen functional groups attached to an aromatic ring is 1. The van der Waals surface area contributed by atoms with Crippen molar-refractivity contribution in [2.24, 2.45) is 0 Å². The number of aromatic amines is 1. The summed E-state index contributed by atoms with van der Waals surface area (Å²) in [5.74, 6) is -0.220. The molecule has 3 rings (SSSR count). The molecule has 0 saturated carbocycles. The normalized spacial score (nSPS) is 11.1. The van der Waals surface area contributed by atoms with Crippen molar-refractivity contribution in [3.8, 4) is 6.01 Å². The Morgan fingerprint density at radius 1 is 1.03 bits per heavy atom. The average Bonchev–Trinajstić information content (AvgIpc) is 3.16. The lowest BCUT2D eigenvalue weighted by atomic mass is 10.1. The molecule has 4 N–H and O–H groups in total. The molecule has 0 spiro atoms. The molecule has 0 radical (unpaired) electrons. The summed E-state index contributed by atoms with van der Waals surface area (Å²) < 4.78 is 22.1. The van der Waals surface area contributed by atoms with Crippen molar-refractivity contribution in [3.63, 3.8) is 0 Å². The number of hydrogen-bond acceptors (Lipinski definition) is 10. The first kappa shape index (κ1) is 26.8. The number of hydrogen-bond donors (Lipinski definition) is 3. The van der Waals surface area contributed by atoms with Crippen molar-refractivity contribution >= 4 is 28.7 Å². The highest BCUT2D eigenvalue weighted by Crippen LogP contribution is 2.18. The van der Waals surface area contributed by atoms with E-state index in [0.717, 1.165) is 11.1 Å². The fraction of sp³-hybridized carbons (Fsp3) is 0.435. The van der Waals surface area contributed by atoms with E-state index in [2.05, 4.69) is 20.3 Å². The van der Waals surface area contributed by atoms with E-state index >= 15 is 0 Å². The maximum atomic E-state index is 12.5. The fourth-order valence-corrected chi connectivity index (χ4v) is 3.15. The van der Waals surface area contributed by atoms with Gasteiger partial charge in [-0.3, -0.25) is 14.2 Å². The number of methoxy groups -OCH3 is 1. The van der Waals surface area contributed by atoms with Crippen molar-refractivity contribution in [2.75, 3.05) is 52.5 Å². The minimum Gasteiger partial charge on any atom is -0.461 e. The number of aromatic nitrogens is 4. The first-order valence-corrected chi connectivity index (χ1v) is 11.2. The quantitative estimate of drug-likeness (QED) is 0.240. The SMILES string of the molecule is COCCOc1nc(N)c2[nH]c(=O)n(Cc3ccc(CNC(=O)COCCOCC(C)=O)cc3)c2n1. The van der Waals surface area contributed by atoms with Crippen LogP contribution in [0.4, 0.5) is 5.82 Å². The molecule has 13 heteroatoms. The number of benzene rings is 1. The number of carbonyl (C=O) groups is 2. The maximum absolute atomic E-state index is 12.5. The molecule has 0 fully saturated rings. The maximum Gasteiger partial charge on any atom is 0.328 e. The molecule has 0 unspecified atom stereocenters. The Morgan fingerprint density at radius 2 is 1.72 bits per heavy atom. The van der Waals surface area contributed by atoms with Crippen molar-refractivity contribution in [2.45, 2.75) is 20.0 Å². The van der Waals surface area contributed by atoms with E-state index in [0.29, 0.717) is 24.3 Å². The van der Waals surface area contributed by atoms with Gasteiger partial charge in [0.1, 0.15) is 25.3 Å². The molecule has 13 nitrogen and oxygen atoms in total. The molecule has 0 aliphatic heterocycles. The zero-order valence-electron chi connectivity index (χ0n) is 20.2. The van der Waals surface area contributed by atoms with Gasteiger partial charge in [-0.15, -0.1) is 0 Å². The molecule has 1 aromatic carbocycles. The summed E-state index contributed by atoms with van der Waals surface area (Å²) in [5, 5.41) is 2.77. The lowest BCUT2D eigenvalue weighted by Gasteiger charge is -2.09. The van der Waals surface area contributed by atoms with E-state index in [4.69, 9.17) is 24.7 Å². The number of H-pyrrole nitrogens is 1. The van der Waals surface area contributed by atoms with Crippen LogP contribution in [0.1, 0.15) is 18.1 Å². The van der Waals surface area contributed by atoms with E-state index in [9.17, 15) is 14.4 Å². The van der Waals surface area contributed by atoms with Gasteiger partial charge in [-0.2, -0.15) is 9.97 Å². The second-order valence-corrected chi connectivity index (χ2v) is 7.85. The van der Waals surface area contributed by atoms with Crippen LogP contribution in [0.2, 0.25) is 0 Å². The molecule has 2 heterocycles. The molecule has 194 valence electrons. The number of nitrogens with zero attached hydrogens (tertiary/aromatic N) is 3. The molecule has 36 heavy (non-hydrogen) atoms. The van der Waals surface area contributed by atoms with Crippen molar-refractivity contribution in [1.82, 2.24) is 24.8 Å². The third-order valence-corrected chi connectivity index (χ3v) is 4.91. The van der Waals surface area contributed by atoms with Crippen molar-refractivity contribution in [1.29, 1.82) is 0 Å². The van der Waals surface area contributed by atoms with Crippen LogP contribution in [0.25, 0.3) is 11.2 Å². The molecule has 0 aliphatic rings. The first-order valence-electron chi connectivity index (χ1n) is 11.2. The third-order valence-electron chi connectivity index (χ3n) is 4.91. The topological polar surface area (TPSA) is 173 Å². The minimum absolute atomic E-state index is 0.0343. The highest BCUT2D eigenvalue weighted by molar-refractivity contribution is 5.82. The van der Waals surface area contributed by atoms with Crippen LogP contribution in [0, 0.1) is 0 Å². The molecule has 1 amide bonds. The number of amides is 1. The highest BCUT2D eigenvalue weighted by Gasteiger charge is 2.15. The molecule has 2 aromatic heterocycles. The van der Waals surface area contributed by atoms with E-state index < -0.39 is 0 Å². The monoisotopic (exact) mass is 502 g/mol. The molecule has 0 saturated heterocycles. The number of carbonyl (C=O) groups excluding carboxylic acids is 2. The number of Topliss-reactive ketones (excluding diaryl/α,β-unsaturated/α-hetero) is 1. The third kappa shape index (κ3) is 7.86. The molecule has 3 aromatic rings. The van der Waals surface area contributed by atoms with Gasteiger partial charge in [-0.1, -0.05) is 24.3 Å². The molecule has 0 atom stereocenters. The summed E-state index contributed by atoms with van der Waals surface area (Å²) >= 11 is 0. The van der Waals surface area contributed by atoms with E-state index in [1.165, 1.54) is 11.5 Å². The fourth-order valence-electron chi connectivity index (χ4n) is 3.15. The lowest BCUT2D eigenvalue weighted by molar-refractivity contribution is -0.127. The Balaban J connectivity index is 1.53. The van der Waals surface area contributed by atoms with E-state index in [1.807, 2.05) is 24.3 Å². The van der Waals surface area contributed by atoms with Gasteiger partial charge in [0.15, 0.2) is 17.2 Å². The minimum atomic E-state index is -0.372. The standard InChI is InChI=1S/C23H30N6O7/c1-15(30)13-34-8-9-35-14-18(31)25-11-16-3-5-17(6-4-16)12-29-21-19(26-23(29)32)20(24)27-22(28-21)36-10-7-33-2/h3-6H,7-14H2,1-2H3,(H,25,31)(H,26,32)(H2,24,27,28). The number of fused-ring (bicyclic) bond motifs is 1. The van der Waals surface area contributed by atoms with Crippen LogP contribution in [-0.2, 0) is 36.9 Å². The Hall–Kier alpha value is -3.81. The number of rotatable bonds is 15. The molecule has 0 bridgehead atoms. The first-order chi connectivity index (χ1) is 17.4. The van der Waals surface area contributed by atoms with E-state index in [1.54, 1.807) is 7.11 Å². The summed E-state index contributed by atoms with van der Waals surface area (Å²) in [6, 6.07) is 7.48. The van der Waals surface area contributed by atoms with Gasteiger partial charge in [-0.25, -0.2) is 4.79 Å². The number of ether oxygens (including phenoxy) is 4. The number of nitrogens with two attached hydrogens (primary N) is 1. The van der Waals surface area contributed by atoms with Gasteiger partial charge in [0, 0.05) is 13.7 Å². The van der Waals surface area contributed by atoms with Crippen LogP contribution < -0.4 is 21.5 Å². The number of imidazole rings is 1. The van der Waals surface area contributed by atoms with E-state index in [-0.39, 0.29) is 68.8 Å². The predicted molar refractivity (Wildman–Crippen MR) is 130 cm³/mol. The van der Waals surface area contributed by atoms with Gasteiger partial charge < -0.3 is 35.0 Å². The van der Waals surface area contributed by atoms with Gasteiger partial charge in [0.05, 0.1) is 26.4 Å². The summed E-state index contributed by atoms with van der Waals surface area (Å²) in [5.41, 5.74) is 8.00.